The first-order chi connectivity index (χ1) is 40.0. The zero-order chi connectivity index (χ0) is 58.5. The average molecular weight is 1130 g/mol. The SMILES string of the molecule is CCC/C=C\C/C=C\CCCCCCCC(=O)OCC(COC(=O)CCCCCCCCCCCC/C=C\C/C=C\C/C=C\CCCCCCC)OC(=O)CCCCCCCCCCCCCCCCCCCCCCCCCCC. The Bertz CT molecular complexity index is 1440. The summed E-state index contributed by atoms with van der Waals surface area (Å²) in [6.07, 6.45) is 89.7. The lowest BCUT2D eigenvalue weighted by atomic mass is 10.0. The first kappa shape index (κ1) is 78.1. The van der Waals surface area contributed by atoms with Gasteiger partial charge in [0.15, 0.2) is 6.10 Å². The van der Waals surface area contributed by atoms with E-state index in [4.69, 9.17) is 14.2 Å². The van der Waals surface area contributed by atoms with Crippen LogP contribution in [0.25, 0.3) is 0 Å². The van der Waals surface area contributed by atoms with E-state index < -0.39 is 6.10 Å². The molecule has 0 saturated carbocycles. The van der Waals surface area contributed by atoms with E-state index in [0.717, 1.165) is 96.3 Å². The minimum absolute atomic E-state index is 0.0775. The van der Waals surface area contributed by atoms with Crippen molar-refractivity contribution < 1.29 is 28.6 Å². The fourth-order valence-electron chi connectivity index (χ4n) is 10.6. The molecule has 0 spiro atoms. The summed E-state index contributed by atoms with van der Waals surface area (Å²) in [7, 11) is 0. The van der Waals surface area contributed by atoms with Crippen LogP contribution in [0.15, 0.2) is 60.8 Å². The second kappa shape index (κ2) is 69.6. The van der Waals surface area contributed by atoms with E-state index in [2.05, 4.69) is 81.5 Å². The third-order valence-corrected chi connectivity index (χ3v) is 16.0. The van der Waals surface area contributed by atoms with Crippen LogP contribution in [0, 0.1) is 0 Å². The predicted octanol–water partition coefficient (Wildman–Crippen LogP) is 24.7. The van der Waals surface area contributed by atoms with Crippen molar-refractivity contribution in [3.63, 3.8) is 0 Å². The van der Waals surface area contributed by atoms with E-state index in [1.165, 1.54) is 244 Å². The molecule has 1 atom stereocenters. The van der Waals surface area contributed by atoms with Gasteiger partial charge in [-0.25, -0.2) is 0 Å². The number of hydrogen-bond acceptors (Lipinski definition) is 6. The van der Waals surface area contributed by atoms with Crippen LogP contribution in [-0.2, 0) is 28.6 Å². The molecule has 0 aromatic heterocycles. The molecule has 0 radical (unpaired) electrons. The molecule has 1 unspecified atom stereocenters. The fourth-order valence-corrected chi connectivity index (χ4v) is 10.6. The number of ether oxygens (including phenoxy) is 3. The van der Waals surface area contributed by atoms with Gasteiger partial charge in [-0.2, -0.15) is 0 Å². The predicted molar refractivity (Wildman–Crippen MR) is 353 cm³/mol. The highest BCUT2D eigenvalue weighted by molar-refractivity contribution is 5.71. The van der Waals surface area contributed by atoms with Crippen LogP contribution < -0.4 is 0 Å². The van der Waals surface area contributed by atoms with Crippen molar-refractivity contribution in [2.24, 2.45) is 0 Å². The number of unbranched alkanes of at least 4 members (excludes halogenated alkanes) is 45. The molecule has 472 valence electrons. The smallest absolute Gasteiger partial charge is 0.306 e. The third kappa shape index (κ3) is 67.8. The Hall–Kier alpha value is -2.89. The summed E-state index contributed by atoms with van der Waals surface area (Å²) in [5.74, 6) is -0.872. The molecular formula is C75H136O6. The second-order valence-electron chi connectivity index (χ2n) is 24.1. The Morgan fingerprint density at radius 3 is 0.741 bits per heavy atom. The van der Waals surface area contributed by atoms with Gasteiger partial charge < -0.3 is 14.2 Å². The molecule has 0 fully saturated rings. The molecule has 0 amide bonds. The molecule has 0 aliphatic rings. The van der Waals surface area contributed by atoms with Crippen LogP contribution in [-0.4, -0.2) is 37.2 Å². The Balaban J connectivity index is 4.25. The quantitative estimate of drug-likeness (QED) is 0.0261. The van der Waals surface area contributed by atoms with Crippen molar-refractivity contribution in [2.45, 2.75) is 386 Å². The van der Waals surface area contributed by atoms with Crippen molar-refractivity contribution in [1.29, 1.82) is 0 Å². The minimum Gasteiger partial charge on any atom is -0.462 e. The van der Waals surface area contributed by atoms with Gasteiger partial charge in [-0.05, 0) is 83.5 Å². The Morgan fingerprint density at radius 1 is 0.247 bits per heavy atom. The summed E-state index contributed by atoms with van der Waals surface area (Å²) < 4.78 is 17.0. The van der Waals surface area contributed by atoms with Gasteiger partial charge in [-0.1, -0.05) is 338 Å². The zero-order valence-corrected chi connectivity index (χ0v) is 54.3. The lowest BCUT2D eigenvalue weighted by Gasteiger charge is -2.18. The van der Waals surface area contributed by atoms with E-state index in [9.17, 15) is 14.4 Å². The second-order valence-corrected chi connectivity index (χ2v) is 24.1. The average Bonchev–Trinajstić information content (AvgIpc) is 3.46. The molecule has 0 aromatic carbocycles. The summed E-state index contributed by atoms with van der Waals surface area (Å²) >= 11 is 0. The molecule has 0 aliphatic heterocycles. The fraction of sp³-hybridized carbons (Fsp3) is 0.827. The first-order valence-electron chi connectivity index (χ1n) is 35.8. The number of allylic oxidation sites excluding steroid dienone is 10. The molecule has 0 bridgehead atoms. The molecule has 6 nitrogen and oxygen atoms in total. The molecule has 0 heterocycles. The van der Waals surface area contributed by atoms with E-state index in [0.29, 0.717) is 19.3 Å². The lowest BCUT2D eigenvalue weighted by molar-refractivity contribution is -0.167. The van der Waals surface area contributed by atoms with Gasteiger partial charge in [0, 0.05) is 19.3 Å². The van der Waals surface area contributed by atoms with Gasteiger partial charge >= 0.3 is 17.9 Å². The van der Waals surface area contributed by atoms with Crippen molar-refractivity contribution >= 4 is 17.9 Å². The maximum Gasteiger partial charge on any atom is 0.306 e. The molecule has 0 aliphatic carbocycles. The monoisotopic (exact) mass is 1130 g/mol. The van der Waals surface area contributed by atoms with E-state index in [1.54, 1.807) is 0 Å². The molecule has 0 N–H and O–H groups in total. The van der Waals surface area contributed by atoms with Crippen LogP contribution in [0.4, 0.5) is 0 Å². The Labute approximate surface area is 504 Å². The number of esters is 3. The molecular weight excluding hydrogens is 997 g/mol. The summed E-state index contributed by atoms with van der Waals surface area (Å²) in [6, 6.07) is 0. The van der Waals surface area contributed by atoms with E-state index >= 15 is 0 Å². The zero-order valence-electron chi connectivity index (χ0n) is 54.3. The lowest BCUT2D eigenvalue weighted by Crippen LogP contribution is -2.30. The number of rotatable bonds is 66. The van der Waals surface area contributed by atoms with Crippen molar-refractivity contribution in [3.05, 3.63) is 60.8 Å². The first-order valence-corrected chi connectivity index (χ1v) is 35.8. The molecule has 6 heteroatoms. The van der Waals surface area contributed by atoms with Crippen LogP contribution in [0.1, 0.15) is 380 Å². The summed E-state index contributed by atoms with van der Waals surface area (Å²) in [6.45, 7) is 6.61. The normalized spacial score (nSPS) is 12.4. The third-order valence-electron chi connectivity index (χ3n) is 16.0. The Kier molecular flexibility index (Phi) is 67.1. The topological polar surface area (TPSA) is 78.9 Å². The maximum absolute atomic E-state index is 13.0. The van der Waals surface area contributed by atoms with Crippen LogP contribution in [0.2, 0.25) is 0 Å². The van der Waals surface area contributed by atoms with Gasteiger partial charge in [0.2, 0.25) is 0 Å². The van der Waals surface area contributed by atoms with Gasteiger partial charge in [0.1, 0.15) is 13.2 Å². The molecule has 0 saturated heterocycles. The van der Waals surface area contributed by atoms with Crippen LogP contribution >= 0.6 is 0 Å². The van der Waals surface area contributed by atoms with Gasteiger partial charge in [0.05, 0.1) is 0 Å². The largest absolute Gasteiger partial charge is 0.462 e. The highest BCUT2D eigenvalue weighted by Gasteiger charge is 2.19. The van der Waals surface area contributed by atoms with Gasteiger partial charge in [0.25, 0.3) is 0 Å². The minimum atomic E-state index is -0.782. The number of carbonyl (C=O) groups excluding carboxylic acids is 3. The summed E-state index contributed by atoms with van der Waals surface area (Å²) in [5.41, 5.74) is 0. The van der Waals surface area contributed by atoms with Gasteiger partial charge in [-0.15, -0.1) is 0 Å². The molecule has 0 rings (SSSR count). The Morgan fingerprint density at radius 2 is 0.469 bits per heavy atom. The van der Waals surface area contributed by atoms with Crippen molar-refractivity contribution in [3.8, 4) is 0 Å². The van der Waals surface area contributed by atoms with Crippen LogP contribution in [0.3, 0.4) is 0 Å². The van der Waals surface area contributed by atoms with Crippen molar-refractivity contribution in [1.82, 2.24) is 0 Å². The number of carbonyl (C=O) groups is 3. The van der Waals surface area contributed by atoms with E-state index in [-0.39, 0.29) is 31.1 Å². The number of hydrogen-bond donors (Lipinski definition) is 0. The highest BCUT2D eigenvalue weighted by Crippen LogP contribution is 2.18. The van der Waals surface area contributed by atoms with Crippen molar-refractivity contribution in [2.75, 3.05) is 13.2 Å². The molecule has 81 heavy (non-hydrogen) atoms. The van der Waals surface area contributed by atoms with E-state index in [1.807, 2.05) is 0 Å². The maximum atomic E-state index is 13.0. The standard InChI is InChI=1S/C75H136O6/c1-4-7-10-13-16-19-22-25-27-29-31-33-35-37-39-41-43-45-47-50-53-56-59-62-65-68-74(77)80-71-72(70-79-73(76)67-64-61-58-55-52-49-24-21-18-15-12-9-6-3)81-75(78)69-66-63-60-57-54-51-48-46-44-42-40-38-36-34-32-30-28-26-23-20-17-14-11-8-5-2/h12,15,21-22,24-25,29,31,35,37,72H,4-11,13-14,16-20,23,26-28,30,32-34,36,38-71H2,1-3H3/b15-12-,24-21-,25-22-,31-29-,37-35-. The van der Waals surface area contributed by atoms with Gasteiger partial charge in [-0.3, -0.25) is 14.4 Å². The molecule has 0 aromatic rings. The van der Waals surface area contributed by atoms with Crippen LogP contribution in [0.5, 0.6) is 0 Å². The highest BCUT2D eigenvalue weighted by atomic mass is 16.6. The summed E-state index contributed by atoms with van der Waals surface area (Å²) in [5, 5.41) is 0. The summed E-state index contributed by atoms with van der Waals surface area (Å²) in [4.78, 5) is 38.4.